The number of rotatable bonds is 7. The Morgan fingerprint density at radius 2 is 1.77 bits per heavy atom. The van der Waals surface area contributed by atoms with Crippen molar-refractivity contribution in [1.29, 1.82) is 0 Å². The highest BCUT2D eigenvalue weighted by Gasteiger charge is 2.25. The lowest BCUT2D eigenvalue weighted by Gasteiger charge is -2.25. The second kappa shape index (κ2) is 8.01. The Kier molecular flexibility index (Phi) is 6.65. The third-order valence-corrected chi connectivity index (χ3v) is 4.34. The monoisotopic (exact) mass is 308 g/mol. The van der Waals surface area contributed by atoms with Crippen LogP contribution in [0.4, 0.5) is 0 Å². The van der Waals surface area contributed by atoms with Crippen LogP contribution in [0, 0.1) is 19.8 Å². The molecule has 1 amide bonds. The van der Waals surface area contributed by atoms with E-state index in [4.69, 9.17) is 4.74 Å². The molecule has 0 radical (unpaired) electrons. The van der Waals surface area contributed by atoms with Crippen LogP contribution in [0.25, 0.3) is 0 Å². The zero-order chi connectivity index (χ0) is 16.9. The average molecular weight is 308 g/mol. The summed E-state index contributed by atoms with van der Waals surface area (Å²) >= 11 is 0. The van der Waals surface area contributed by atoms with Gasteiger partial charge >= 0.3 is 5.97 Å². The fourth-order valence-corrected chi connectivity index (χ4v) is 2.74. The minimum Gasteiger partial charge on any atom is -0.465 e. The Bertz CT molecular complexity index is 530. The van der Waals surface area contributed by atoms with Crippen LogP contribution in [-0.2, 0) is 4.74 Å². The molecular weight excluding hydrogens is 280 g/mol. The van der Waals surface area contributed by atoms with Crippen LogP contribution in [0.2, 0.25) is 0 Å². The molecule has 1 N–H and O–H groups in total. The lowest BCUT2D eigenvalue weighted by Crippen LogP contribution is -2.35. The van der Waals surface area contributed by atoms with Crippen molar-refractivity contribution in [1.82, 2.24) is 9.88 Å². The van der Waals surface area contributed by atoms with Crippen molar-refractivity contribution in [2.75, 3.05) is 20.2 Å². The van der Waals surface area contributed by atoms with Gasteiger partial charge in [-0.1, -0.05) is 26.7 Å². The number of amides is 1. The van der Waals surface area contributed by atoms with E-state index in [-0.39, 0.29) is 5.91 Å². The van der Waals surface area contributed by atoms with Gasteiger partial charge in [0, 0.05) is 18.8 Å². The van der Waals surface area contributed by atoms with E-state index in [1.54, 1.807) is 13.8 Å². The van der Waals surface area contributed by atoms with Crippen LogP contribution in [0.15, 0.2) is 0 Å². The van der Waals surface area contributed by atoms with Crippen LogP contribution in [-0.4, -0.2) is 42.0 Å². The number of esters is 1. The van der Waals surface area contributed by atoms with Crippen molar-refractivity contribution in [2.24, 2.45) is 5.92 Å². The molecule has 0 aliphatic rings. The first kappa shape index (κ1) is 18.3. The number of hydrogen-bond donors (Lipinski definition) is 1. The maximum atomic E-state index is 12.8. The highest BCUT2D eigenvalue weighted by Crippen LogP contribution is 2.21. The molecule has 0 saturated heterocycles. The number of H-pyrrole nitrogens is 1. The van der Waals surface area contributed by atoms with Crippen molar-refractivity contribution in [2.45, 2.75) is 47.5 Å². The first-order chi connectivity index (χ1) is 10.4. The first-order valence-electron chi connectivity index (χ1n) is 7.97. The standard InChI is InChI=1S/C17H28N2O3/c1-7-13(8-2)10-19(9-3)16(20)15-11(4)14(12(5)18-15)17(21)22-6/h13,18H,7-10H2,1-6H3. The van der Waals surface area contributed by atoms with Gasteiger partial charge in [0.15, 0.2) is 0 Å². The second-order valence-electron chi connectivity index (χ2n) is 5.64. The molecule has 0 atom stereocenters. The predicted molar refractivity (Wildman–Crippen MR) is 87.3 cm³/mol. The number of carbonyl (C=O) groups excluding carboxylic acids is 2. The van der Waals surface area contributed by atoms with E-state index < -0.39 is 5.97 Å². The fourth-order valence-electron chi connectivity index (χ4n) is 2.74. The number of aryl methyl sites for hydroxylation is 1. The van der Waals surface area contributed by atoms with Gasteiger partial charge < -0.3 is 14.6 Å². The molecule has 124 valence electrons. The SMILES string of the molecule is CCC(CC)CN(CC)C(=O)c1[nH]c(C)c(C(=O)OC)c1C. The minimum absolute atomic E-state index is 0.0508. The van der Waals surface area contributed by atoms with E-state index in [2.05, 4.69) is 18.8 Å². The van der Waals surface area contributed by atoms with E-state index in [9.17, 15) is 9.59 Å². The highest BCUT2D eigenvalue weighted by atomic mass is 16.5. The van der Waals surface area contributed by atoms with E-state index >= 15 is 0 Å². The molecular formula is C17H28N2O3. The zero-order valence-electron chi connectivity index (χ0n) is 14.6. The van der Waals surface area contributed by atoms with Crippen molar-refractivity contribution >= 4 is 11.9 Å². The van der Waals surface area contributed by atoms with Gasteiger partial charge in [0.1, 0.15) is 5.69 Å². The predicted octanol–water partition coefficient (Wildman–Crippen LogP) is 3.32. The van der Waals surface area contributed by atoms with Gasteiger partial charge in [-0.2, -0.15) is 0 Å². The maximum Gasteiger partial charge on any atom is 0.339 e. The van der Waals surface area contributed by atoms with Crippen molar-refractivity contribution in [3.8, 4) is 0 Å². The van der Waals surface area contributed by atoms with E-state index in [0.717, 1.165) is 19.4 Å². The van der Waals surface area contributed by atoms with Gasteiger partial charge in [0.05, 0.1) is 12.7 Å². The number of aromatic amines is 1. The van der Waals surface area contributed by atoms with Crippen molar-refractivity contribution < 1.29 is 14.3 Å². The second-order valence-corrected chi connectivity index (χ2v) is 5.64. The molecule has 0 aliphatic heterocycles. The summed E-state index contributed by atoms with van der Waals surface area (Å²) in [5.74, 6) is 0.0406. The molecule has 0 spiro atoms. The molecule has 0 aliphatic carbocycles. The summed E-state index contributed by atoms with van der Waals surface area (Å²) in [5, 5.41) is 0. The highest BCUT2D eigenvalue weighted by molar-refractivity contribution is 6.00. The summed E-state index contributed by atoms with van der Waals surface area (Å²) < 4.78 is 4.79. The summed E-state index contributed by atoms with van der Waals surface area (Å²) in [4.78, 5) is 29.5. The Morgan fingerprint density at radius 3 is 2.23 bits per heavy atom. The first-order valence-corrected chi connectivity index (χ1v) is 7.97. The number of nitrogens with one attached hydrogen (secondary N) is 1. The lowest BCUT2D eigenvalue weighted by molar-refractivity contribution is 0.0599. The molecule has 0 aromatic carbocycles. The number of methoxy groups -OCH3 is 1. The van der Waals surface area contributed by atoms with Gasteiger partial charge in [-0.05, 0) is 32.3 Å². The Balaban J connectivity index is 3.08. The van der Waals surface area contributed by atoms with E-state index in [0.29, 0.717) is 35.0 Å². The molecule has 5 heteroatoms. The summed E-state index contributed by atoms with van der Waals surface area (Å²) in [5.41, 5.74) is 2.29. The molecule has 0 bridgehead atoms. The molecule has 1 heterocycles. The van der Waals surface area contributed by atoms with Gasteiger partial charge in [0.2, 0.25) is 0 Å². The average Bonchev–Trinajstić information content (AvgIpc) is 2.82. The van der Waals surface area contributed by atoms with Crippen LogP contribution >= 0.6 is 0 Å². The minimum atomic E-state index is -0.409. The number of carbonyl (C=O) groups is 2. The molecule has 0 unspecified atom stereocenters. The molecule has 1 aromatic heterocycles. The Morgan fingerprint density at radius 1 is 1.18 bits per heavy atom. The summed E-state index contributed by atoms with van der Waals surface area (Å²) in [7, 11) is 1.35. The molecule has 5 nitrogen and oxygen atoms in total. The number of hydrogen-bond acceptors (Lipinski definition) is 3. The quantitative estimate of drug-likeness (QED) is 0.786. The Hall–Kier alpha value is -1.78. The lowest BCUT2D eigenvalue weighted by atomic mass is 10.0. The largest absolute Gasteiger partial charge is 0.465 e. The summed E-state index contributed by atoms with van der Waals surface area (Å²) in [6, 6.07) is 0. The summed E-state index contributed by atoms with van der Waals surface area (Å²) in [6.07, 6.45) is 2.10. The van der Waals surface area contributed by atoms with Crippen molar-refractivity contribution in [3.05, 3.63) is 22.5 Å². The van der Waals surface area contributed by atoms with Gasteiger partial charge in [0.25, 0.3) is 5.91 Å². The van der Waals surface area contributed by atoms with Crippen LogP contribution in [0.3, 0.4) is 0 Å². The Labute approximate surface area is 133 Å². The molecule has 0 fully saturated rings. The van der Waals surface area contributed by atoms with Crippen molar-refractivity contribution in [3.63, 3.8) is 0 Å². The number of aromatic nitrogens is 1. The molecule has 1 rings (SSSR count). The number of nitrogens with zero attached hydrogens (tertiary/aromatic N) is 1. The van der Waals surface area contributed by atoms with Crippen LogP contribution in [0.5, 0.6) is 0 Å². The van der Waals surface area contributed by atoms with Gasteiger partial charge in [-0.3, -0.25) is 4.79 Å². The molecule has 0 saturated carbocycles. The topological polar surface area (TPSA) is 62.4 Å². The van der Waals surface area contributed by atoms with E-state index in [1.165, 1.54) is 7.11 Å². The van der Waals surface area contributed by atoms with E-state index in [1.807, 2.05) is 11.8 Å². The third kappa shape index (κ3) is 3.70. The van der Waals surface area contributed by atoms with Gasteiger partial charge in [-0.25, -0.2) is 4.79 Å². The number of ether oxygens (including phenoxy) is 1. The van der Waals surface area contributed by atoms with Gasteiger partial charge in [-0.15, -0.1) is 0 Å². The molecule has 1 aromatic rings. The fraction of sp³-hybridized carbons (Fsp3) is 0.647. The normalized spacial score (nSPS) is 10.9. The van der Waals surface area contributed by atoms with Crippen LogP contribution in [0.1, 0.15) is 65.7 Å². The zero-order valence-corrected chi connectivity index (χ0v) is 14.6. The third-order valence-electron chi connectivity index (χ3n) is 4.34. The smallest absolute Gasteiger partial charge is 0.339 e. The van der Waals surface area contributed by atoms with Crippen LogP contribution < -0.4 is 0 Å². The molecule has 22 heavy (non-hydrogen) atoms. The maximum absolute atomic E-state index is 12.8. The summed E-state index contributed by atoms with van der Waals surface area (Å²) in [6.45, 7) is 11.2.